The van der Waals surface area contributed by atoms with Gasteiger partial charge in [-0.05, 0) is 18.2 Å². The highest BCUT2D eigenvalue weighted by atomic mass is 16.2. The normalized spacial score (nSPS) is 10.3. The second kappa shape index (κ2) is 10.2. The first-order valence-electron chi connectivity index (χ1n) is 10.2. The highest BCUT2D eigenvalue weighted by Gasteiger charge is 2.19. The summed E-state index contributed by atoms with van der Waals surface area (Å²) in [6.07, 6.45) is 9.86. The molecule has 0 saturated heterocycles. The number of hydrogen-bond donors (Lipinski definition) is 1. The number of carbonyl (C=O) groups is 4. The van der Waals surface area contributed by atoms with E-state index in [0.717, 1.165) is 0 Å². The maximum absolute atomic E-state index is 12.9. The van der Waals surface area contributed by atoms with Crippen molar-refractivity contribution in [2.75, 3.05) is 42.8 Å². The van der Waals surface area contributed by atoms with Crippen LogP contribution in [0.4, 0.5) is 31.4 Å². The summed E-state index contributed by atoms with van der Waals surface area (Å²) >= 11 is 0. The molecule has 0 aliphatic carbocycles. The molecule has 0 radical (unpaired) electrons. The van der Waals surface area contributed by atoms with Crippen molar-refractivity contribution in [1.29, 1.82) is 5.26 Å². The van der Waals surface area contributed by atoms with Crippen LogP contribution in [0.25, 0.3) is 0 Å². The summed E-state index contributed by atoms with van der Waals surface area (Å²) in [5.41, 5.74) is 1.46. The van der Waals surface area contributed by atoms with Crippen LogP contribution in [0.3, 0.4) is 0 Å². The molecule has 0 aliphatic rings. The van der Waals surface area contributed by atoms with Gasteiger partial charge in [0.05, 0.1) is 29.6 Å². The molecule has 12 heteroatoms. The number of nitriles is 1. The SMILES string of the molecule is CN(CCC#N)C(=O)n1ccc(N(C)C(=O)n2ccc(N(C)C(=O)n3ccc(NC=O)c3)c2)c1. The Morgan fingerprint density at radius 2 is 1.38 bits per heavy atom. The summed E-state index contributed by atoms with van der Waals surface area (Å²) in [7, 11) is 4.74. The van der Waals surface area contributed by atoms with Gasteiger partial charge < -0.3 is 10.2 Å². The monoisotopic (exact) mass is 464 g/mol. The number of nitrogens with one attached hydrogen (secondary N) is 1. The van der Waals surface area contributed by atoms with E-state index >= 15 is 0 Å². The number of anilines is 3. The zero-order valence-corrected chi connectivity index (χ0v) is 19.0. The molecule has 0 spiro atoms. The van der Waals surface area contributed by atoms with Crippen molar-refractivity contribution >= 4 is 41.6 Å². The van der Waals surface area contributed by atoms with Crippen LogP contribution in [0.5, 0.6) is 0 Å². The molecule has 0 aromatic carbocycles. The van der Waals surface area contributed by atoms with Crippen LogP contribution in [0.2, 0.25) is 0 Å². The van der Waals surface area contributed by atoms with E-state index in [-0.39, 0.29) is 18.5 Å². The predicted molar refractivity (Wildman–Crippen MR) is 125 cm³/mol. The Morgan fingerprint density at radius 1 is 0.882 bits per heavy atom. The first kappa shape index (κ1) is 23.9. The molecule has 0 bridgehead atoms. The van der Waals surface area contributed by atoms with Crippen molar-refractivity contribution in [3.63, 3.8) is 0 Å². The van der Waals surface area contributed by atoms with Crippen molar-refractivity contribution < 1.29 is 19.2 Å². The van der Waals surface area contributed by atoms with Gasteiger partial charge >= 0.3 is 18.1 Å². The van der Waals surface area contributed by atoms with Gasteiger partial charge in [-0.3, -0.25) is 28.3 Å². The minimum atomic E-state index is -0.395. The molecular weight excluding hydrogens is 440 g/mol. The van der Waals surface area contributed by atoms with E-state index < -0.39 is 6.03 Å². The predicted octanol–water partition coefficient (Wildman–Crippen LogP) is 2.68. The van der Waals surface area contributed by atoms with Crippen LogP contribution in [0.15, 0.2) is 55.4 Å². The zero-order valence-electron chi connectivity index (χ0n) is 19.0. The van der Waals surface area contributed by atoms with Gasteiger partial charge in [0.2, 0.25) is 6.41 Å². The van der Waals surface area contributed by atoms with E-state index in [0.29, 0.717) is 30.0 Å². The van der Waals surface area contributed by atoms with Crippen molar-refractivity contribution in [1.82, 2.24) is 18.6 Å². The molecule has 3 aromatic heterocycles. The molecule has 12 nitrogen and oxygen atoms in total. The lowest BCUT2D eigenvalue weighted by molar-refractivity contribution is -0.105. The average Bonchev–Trinajstić information content (AvgIpc) is 3.61. The van der Waals surface area contributed by atoms with Crippen LogP contribution >= 0.6 is 0 Å². The zero-order chi connectivity index (χ0) is 24.8. The topological polar surface area (TPSA) is 129 Å². The molecule has 4 amide bonds. The molecular formula is C22H24N8O4. The molecule has 0 aliphatic heterocycles. The standard InChI is InChI=1S/C22H24N8O4/c1-25(9-4-8-23)20(32)29-11-6-18(14-29)27(3)22(34)30-12-7-19(15-30)26(2)21(33)28-10-5-17(13-28)24-16-31/h5-7,10-16H,4,9H2,1-3H3,(H,24,31). The lowest BCUT2D eigenvalue weighted by atomic mass is 10.4. The number of aromatic nitrogens is 3. The fourth-order valence-corrected chi connectivity index (χ4v) is 3.15. The molecule has 0 unspecified atom stereocenters. The number of amides is 4. The van der Waals surface area contributed by atoms with E-state index in [4.69, 9.17) is 5.26 Å². The lowest BCUT2D eigenvalue weighted by Gasteiger charge is -2.18. The third-order valence-electron chi connectivity index (χ3n) is 5.17. The Morgan fingerprint density at radius 3 is 1.91 bits per heavy atom. The summed E-state index contributed by atoms with van der Waals surface area (Å²) in [4.78, 5) is 52.8. The number of carbonyl (C=O) groups excluding carboxylic acids is 4. The van der Waals surface area contributed by atoms with Crippen molar-refractivity contribution in [2.24, 2.45) is 0 Å². The van der Waals surface area contributed by atoms with Gasteiger partial charge in [0.25, 0.3) is 0 Å². The fraction of sp³-hybridized carbons (Fsp3) is 0.227. The van der Waals surface area contributed by atoms with Crippen LogP contribution in [0.1, 0.15) is 6.42 Å². The second-order valence-corrected chi connectivity index (χ2v) is 7.42. The highest BCUT2D eigenvalue weighted by Crippen LogP contribution is 2.19. The average molecular weight is 464 g/mol. The van der Waals surface area contributed by atoms with Gasteiger partial charge in [0, 0.05) is 64.9 Å². The van der Waals surface area contributed by atoms with Gasteiger partial charge in [-0.15, -0.1) is 0 Å². The van der Waals surface area contributed by atoms with Gasteiger partial charge in [-0.2, -0.15) is 5.26 Å². The van der Waals surface area contributed by atoms with Gasteiger partial charge in [0.1, 0.15) is 0 Å². The molecule has 3 rings (SSSR count). The molecule has 0 atom stereocenters. The van der Waals surface area contributed by atoms with Crippen molar-refractivity contribution in [3.8, 4) is 6.07 Å². The molecule has 1 N–H and O–H groups in total. The Balaban J connectivity index is 1.69. The molecule has 3 heterocycles. The summed E-state index contributed by atoms with van der Waals surface area (Å²) in [6, 6.07) is 5.74. The van der Waals surface area contributed by atoms with Crippen molar-refractivity contribution in [2.45, 2.75) is 6.42 Å². The van der Waals surface area contributed by atoms with E-state index in [1.54, 1.807) is 45.5 Å². The fourth-order valence-electron chi connectivity index (χ4n) is 3.15. The lowest BCUT2D eigenvalue weighted by Crippen LogP contribution is -2.32. The second-order valence-electron chi connectivity index (χ2n) is 7.42. The van der Waals surface area contributed by atoms with E-state index in [9.17, 15) is 19.2 Å². The van der Waals surface area contributed by atoms with Crippen molar-refractivity contribution in [3.05, 3.63) is 55.4 Å². The van der Waals surface area contributed by atoms with E-state index in [1.807, 2.05) is 6.07 Å². The Hall–Kier alpha value is -4.79. The van der Waals surface area contributed by atoms with E-state index in [1.165, 1.54) is 59.4 Å². The Kier molecular flexibility index (Phi) is 7.17. The largest absolute Gasteiger partial charge is 0.332 e. The molecule has 176 valence electrons. The highest BCUT2D eigenvalue weighted by molar-refractivity contribution is 5.96. The maximum Gasteiger partial charge on any atom is 0.332 e. The molecule has 3 aromatic rings. The van der Waals surface area contributed by atoms with Gasteiger partial charge in [-0.25, -0.2) is 14.4 Å². The summed E-state index contributed by atoms with van der Waals surface area (Å²) < 4.78 is 3.98. The minimum absolute atomic E-state index is 0.225. The summed E-state index contributed by atoms with van der Waals surface area (Å²) in [6.45, 7) is 0.300. The van der Waals surface area contributed by atoms with Crippen LogP contribution in [0, 0.1) is 11.3 Å². The van der Waals surface area contributed by atoms with Gasteiger partial charge in [0.15, 0.2) is 0 Å². The third kappa shape index (κ3) is 4.99. The number of hydrogen-bond acceptors (Lipinski definition) is 5. The quantitative estimate of drug-likeness (QED) is 0.561. The third-order valence-corrected chi connectivity index (χ3v) is 5.17. The molecule has 0 fully saturated rings. The Bertz CT molecular complexity index is 1250. The summed E-state index contributed by atoms with van der Waals surface area (Å²) in [5.74, 6) is 0. The van der Waals surface area contributed by atoms with Crippen LogP contribution in [-0.2, 0) is 4.79 Å². The number of rotatable bonds is 6. The first-order valence-corrected chi connectivity index (χ1v) is 10.2. The molecule has 34 heavy (non-hydrogen) atoms. The smallest absolute Gasteiger partial charge is 0.327 e. The minimum Gasteiger partial charge on any atom is -0.327 e. The Labute approximate surface area is 195 Å². The summed E-state index contributed by atoms with van der Waals surface area (Å²) in [5, 5.41) is 11.1. The molecule has 0 saturated carbocycles. The van der Waals surface area contributed by atoms with E-state index in [2.05, 4.69) is 5.32 Å². The van der Waals surface area contributed by atoms with Crippen LogP contribution in [-0.4, -0.2) is 70.8 Å². The first-order chi connectivity index (χ1) is 16.3. The number of nitrogens with zero attached hydrogens (tertiary/aromatic N) is 7. The maximum atomic E-state index is 12.9. The van der Waals surface area contributed by atoms with Crippen LogP contribution < -0.4 is 15.1 Å². The van der Waals surface area contributed by atoms with Gasteiger partial charge in [-0.1, -0.05) is 0 Å².